The zero-order chi connectivity index (χ0) is 109. The fourth-order valence-corrected chi connectivity index (χ4v) is 14.2. The topological polar surface area (TPSA) is 730 Å². The SMILES string of the molecule is C.CC(N)CCCCN.CCCCN=Cc1ccc(C=NCCCN)cc1.CCCN=Cc1ccc(C=NCCCN)cc1.CCCOCCOCCN.CCCSSCCN.NCCCC(N)C(=O)NCCCCC(N)C(=O)O.NCCCC=NCCCCN.NCCCCCN=Cc1ccc(C=NCCNCCN)cc1.NCCCCOC(=O)CCCN.NCCCOC(=O)CCCN.NCCCSSCCCN. The van der Waals surface area contributed by atoms with Crippen molar-refractivity contribution in [2.24, 2.45) is 144 Å². The lowest BCUT2D eigenvalue weighted by atomic mass is 10.1. The van der Waals surface area contributed by atoms with Gasteiger partial charge < -0.3 is 144 Å². The van der Waals surface area contributed by atoms with E-state index >= 15 is 0 Å². The van der Waals surface area contributed by atoms with E-state index < -0.39 is 18.1 Å². The van der Waals surface area contributed by atoms with Crippen LogP contribution >= 0.6 is 43.2 Å². The maximum atomic E-state index is 11.5. The van der Waals surface area contributed by atoms with Crippen molar-refractivity contribution in [1.29, 1.82) is 0 Å². The molecule has 0 spiro atoms. The fraction of sp³-hybridized carbons (Fsp3) is 0.724. The third kappa shape index (κ3) is 144. The number of aliphatic carboxylic acids is 1. The summed E-state index contributed by atoms with van der Waals surface area (Å²) < 4.78 is 19.9. The van der Waals surface area contributed by atoms with E-state index in [1.165, 1.54) is 36.5 Å². The Kier molecular flexibility index (Phi) is 154. The van der Waals surface area contributed by atoms with Gasteiger partial charge in [-0.3, -0.25) is 54.1 Å². The predicted octanol–water partition coefficient (Wildman–Crippen LogP) is 9.36. The molecule has 1 amide bonds. The number of carboxylic acids is 1. The molecule has 3 aromatic carbocycles. The zero-order valence-electron chi connectivity index (χ0n) is 90.5. The number of nitrogens with two attached hydrogens (primary N) is 19. The first-order valence-corrected chi connectivity index (χ1v) is 58.0. The first kappa shape index (κ1) is 157. The van der Waals surface area contributed by atoms with E-state index in [-0.39, 0.29) is 25.3 Å². The lowest BCUT2D eigenvalue weighted by Gasteiger charge is -2.11. The average Bonchev–Trinajstić information content (AvgIpc) is 0.921. The lowest BCUT2D eigenvalue weighted by Crippen LogP contribution is -2.41. The summed E-state index contributed by atoms with van der Waals surface area (Å²) in [5.74, 6) is 3.17. The van der Waals surface area contributed by atoms with Gasteiger partial charge in [0.25, 0.3) is 0 Å². The van der Waals surface area contributed by atoms with Gasteiger partial charge >= 0.3 is 17.9 Å². The smallest absolute Gasteiger partial charge is 0.320 e. The molecule has 0 aromatic heterocycles. The number of amides is 1. The highest BCUT2D eigenvalue weighted by Crippen LogP contribution is 2.22. The minimum absolute atomic E-state index is 0. The van der Waals surface area contributed by atoms with Crippen LogP contribution in [0.2, 0.25) is 0 Å². The summed E-state index contributed by atoms with van der Waals surface area (Å²) in [6.45, 7) is 33.5. The van der Waals surface area contributed by atoms with Crippen LogP contribution in [0.4, 0.5) is 0 Å². The number of carboxylic acid groups (broad SMARTS) is 1. The van der Waals surface area contributed by atoms with Gasteiger partial charge in [0.2, 0.25) is 5.91 Å². The number of nitrogens with one attached hydrogen (secondary N) is 2. The van der Waals surface area contributed by atoms with Crippen LogP contribution in [0.5, 0.6) is 0 Å². The normalized spacial score (nSPS) is 11.3. The summed E-state index contributed by atoms with van der Waals surface area (Å²) in [4.78, 5) is 73.8. The highest BCUT2D eigenvalue weighted by Gasteiger charge is 2.14. The van der Waals surface area contributed by atoms with Crippen LogP contribution in [0.1, 0.15) is 274 Å². The molecule has 3 aromatic rings. The maximum Gasteiger partial charge on any atom is 0.320 e. The number of ether oxygens (including phenoxy) is 4. The summed E-state index contributed by atoms with van der Waals surface area (Å²) in [5, 5.41) is 14.5. The summed E-state index contributed by atoms with van der Waals surface area (Å²) in [6.07, 6.45) is 42.1. The van der Waals surface area contributed by atoms with Crippen LogP contribution in [0.25, 0.3) is 0 Å². The Morgan fingerprint density at radius 1 is 0.315 bits per heavy atom. The molecule has 41 N–H and O–H groups in total. The molecule has 3 atom stereocenters. The van der Waals surface area contributed by atoms with Gasteiger partial charge in [-0.25, -0.2) is 0 Å². The fourth-order valence-electron chi connectivity index (χ4n) is 9.98. The number of nitrogens with zero attached hydrogens (tertiary/aromatic N) is 7. The van der Waals surface area contributed by atoms with Gasteiger partial charge in [-0.1, -0.05) is 170 Å². The van der Waals surface area contributed by atoms with Crippen molar-refractivity contribution < 1.29 is 43.2 Å². The van der Waals surface area contributed by atoms with Crippen molar-refractivity contribution in [3.05, 3.63) is 106 Å². The largest absolute Gasteiger partial charge is 0.480 e. The Hall–Kier alpha value is -6.25. The van der Waals surface area contributed by atoms with Gasteiger partial charge in [-0.2, -0.15) is 0 Å². The van der Waals surface area contributed by atoms with Gasteiger partial charge in [0.1, 0.15) is 6.04 Å². The van der Waals surface area contributed by atoms with E-state index in [0.717, 1.165) is 279 Å². The van der Waals surface area contributed by atoms with E-state index in [0.29, 0.717) is 156 Å². The molecule has 0 saturated heterocycles. The molecule has 0 aliphatic carbocycles. The highest BCUT2D eigenvalue weighted by atomic mass is 33.1. The number of carbonyl (C=O) groups is 4. The molecule has 0 fully saturated rings. The molecule has 0 radical (unpaired) electrons. The second-order valence-electron chi connectivity index (χ2n) is 32.5. The van der Waals surface area contributed by atoms with Crippen LogP contribution in [-0.4, -0.2) is 323 Å². The Bertz CT molecular complexity index is 3160. The van der Waals surface area contributed by atoms with Gasteiger partial charge in [0.15, 0.2) is 0 Å². The first-order chi connectivity index (χ1) is 70.6. The minimum Gasteiger partial charge on any atom is -0.480 e. The van der Waals surface area contributed by atoms with Crippen LogP contribution in [0.15, 0.2) is 108 Å². The summed E-state index contributed by atoms with van der Waals surface area (Å²) >= 11 is 0. The molecular formula is C105H216N28O9S4. The molecule has 3 rings (SSSR count). The maximum absolute atomic E-state index is 11.5. The first-order valence-electron chi connectivity index (χ1n) is 53.1. The van der Waals surface area contributed by atoms with E-state index in [4.69, 9.17) is 133 Å². The summed E-state index contributed by atoms with van der Waals surface area (Å²) in [6, 6.07) is 23.8. The second-order valence-corrected chi connectivity index (χ2v) is 37.9. The molecule has 0 aliphatic rings. The number of esters is 2. The van der Waals surface area contributed by atoms with Gasteiger partial charge in [-0.05, 0) is 299 Å². The van der Waals surface area contributed by atoms with Crippen molar-refractivity contribution in [3.8, 4) is 0 Å². The third-order valence-electron chi connectivity index (χ3n) is 18.2. The molecular weight excluding hydrogens is 1930 g/mol. The number of hydrogen-bond acceptors (Lipinski definition) is 39. The van der Waals surface area contributed by atoms with E-state index in [9.17, 15) is 19.2 Å². The lowest BCUT2D eigenvalue weighted by molar-refractivity contribution is -0.144. The van der Waals surface area contributed by atoms with Crippen molar-refractivity contribution in [1.82, 2.24) is 10.6 Å². The van der Waals surface area contributed by atoms with Crippen LogP contribution < -0.4 is 120 Å². The zero-order valence-corrected chi connectivity index (χ0v) is 93.8. The molecule has 0 saturated carbocycles. The van der Waals surface area contributed by atoms with E-state index in [1.807, 2.05) is 93.6 Å². The van der Waals surface area contributed by atoms with Crippen molar-refractivity contribution in [2.45, 2.75) is 259 Å². The van der Waals surface area contributed by atoms with E-state index in [2.05, 4.69) is 146 Å². The number of hydrogen-bond donors (Lipinski definition) is 22. The number of unbranched alkanes of at least 4 members (excludes halogenated alkanes) is 8. The molecule has 0 bridgehead atoms. The average molecular weight is 2140 g/mol. The Balaban J connectivity index is -0.000000205. The quantitative estimate of drug-likeness (QED) is 0.0108. The molecule has 146 heavy (non-hydrogen) atoms. The number of benzene rings is 3. The molecule has 854 valence electrons. The third-order valence-corrected chi connectivity index (χ3v) is 23.5. The molecule has 37 nitrogen and oxygen atoms in total. The van der Waals surface area contributed by atoms with Crippen LogP contribution in [0.3, 0.4) is 0 Å². The summed E-state index contributed by atoms with van der Waals surface area (Å²) in [5.41, 5.74) is 108. The van der Waals surface area contributed by atoms with E-state index in [1.54, 1.807) is 0 Å². The van der Waals surface area contributed by atoms with Crippen LogP contribution in [-0.2, 0) is 38.1 Å². The van der Waals surface area contributed by atoms with Gasteiger partial charge in [-0.15, -0.1) is 0 Å². The Morgan fingerprint density at radius 2 is 0.692 bits per heavy atom. The second kappa shape index (κ2) is 143. The number of carbonyl (C=O) groups excluding carboxylic acids is 3. The minimum atomic E-state index is -0.997. The van der Waals surface area contributed by atoms with Crippen LogP contribution in [0, 0.1) is 0 Å². The van der Waals surface area contributed by atoms with Crippen molar-refractivity contribution in [3.63, 3.8) is 0 Å². The predicted molar refractivity (Wildman–Crippen MR) is 641 cm³/mol. The molecule has 3 unspecified atom stereocenters. The standard InChI is InChI=1S/C17H29N5.C15H23N3.C14H21N3.C11H24N4O3.C8H19N3.C8H18N2O2.C7H16N2O2.C7H17NO2.C6H16N2S2.C6H16N2.C5H13NS2.CH4/c18-8-2-1-3-10-21-14-16-4-6-17(7-5-16)15-22-13-12-20-11-9-19;1-2-3-10-17-12-14-5-7-15(8-6-14)13-18-11-4-9-16;1-2-9-16-11-13-4-6-14(7-5-13)12-17-10-3-8-15;12-6-3-5-8(13)10(16)15-7-2-1-4-9(14)11(17)18;9-5-1-3-7-11-8-4-2-6-10;9-5-1-2-7-12-8(11)4-3-6-10;8-4-1-3-7(10)11-6-2-5-9;1-2-4-9-6-7-10-5-3-8;7-3-1-5-9-10-6-2-4-8;1-6(8)4-2-3-5-7;1-2-4-7-8-5-3-6;/h4-7,14-15,20H,1-3,8-13,18-19H2;5-8,12-13H,2-4,9-11,16H2,1H3;4-7,11-12H,2-3,8-10,15H2,1H3;8-9H,1-7,12-14H2,(H,15,16)(H,17,18);7H,1-6,8-10H2;1-7,9-10H2;1-6,8-9H2;2-8H2,1H3;1-8H2;6H,2-5,7-8H2,1H3;2-6H2,1H3;1H4. The van der Waals surface area contributed by atoms with Crippen molar-refractivity contribution >= 4 is 110 Å². The Morgan fingerprint density at radius 3 is 1.10 bits per heavy atom. The number of rotatable bonds is 80. The molecule has 0 heterocycles. The monoisotopic (exact) mass is 2140 g/mol. The highest BCUT2D eigenvalue weighted by molar-refractivity contribution is 8.77. The van der Waals surface area contributed by atoms with Crippen molar-refractivity contribution in [2.75, 3.05) is 233 Å². The Labute approximate surface area is 900 Å². The van der Waals surface area contributed by atoms with Gasteiger partial charge in [0, 0.05) is 164 Å². The van der Waals surface area contributed by atoms with Gasteiger partial charge in [0.05, 0.1) is 45.6 Å². The number of aliphatic imine (C=N–C) groups is 7. The molecule has 0 aliphatic heterocycles. The molecule has 41 heteroatoms. The summed E-state index contributed by atoms with van der Waals surface area (Å²) in [7, 11) is 7.58.